The van der Waals surface area contributed by atoms with Gasteiger partial charge >= 0.3 is 0 Å². The second-order valence-electron chi connectivity index (χ2n) is 5.46. The zero-order valence-electron chi connectivity index (χ0n) is 15.0. The molecule has 0 saturated carbocycles. The van der Waals surface area contributed by atoms with E-state index in [0.717, 1.165) is 16.1 Å². The first-order valence-electron chi connectivity index (χ1n) is 7.96. The van der Waals surface area contributed by atoms with Gasteiger partial charge in [0.1, 0.15) is 0 Å². The van der Waals surface area contributed by atoms with Crippen LogP contribution in [-0.2, 0) is 0 Å². The van der Waals surface area contributed by atoms with Crippen molar-refractivity contribution >= 4 is 29.2 Å². The Hall–Kier alpha value is -2.77. The van der Waals surface area contributed by atoms with E-state index >= 15 is 0 Å². The first kappa shape index (κ1) is 19.0. The molecule has 1 N–H and O–H groups in total. The van der Waals surface area contributed by atoms with E-state index in [-0.39, 0.29) is 5.75 Å². The molecule has 0 saturated heterocycles. The maximum atomic E-state index is 10.0. The normalized spacial score (nSPS) is 11.9. The molecule has 0 amide bonds. The van der Waals surface area contributed by atoms with E-state index in [9.17, 15) is 5.11 Å². The lowest BCUT2D eigenvalue weighted by molar-refractivity contribution is 0.340. The van der Waals surface area contributed by atoms with Gasteiger partial charge < -0.3 is 14.6 Å². The molecular formula is C19H18ClN3O3S. The number of nitrogens with zero attached hydrogens (tertiary/aromatic N) is 3. The summed E-state index contributed by atoms with van der Waals surface area (Å²) in [6.07, 6.45) is 1.66. The van der Waals surface area contributed by atoms with Crippen LogP contribution < -0.4 is 14.3 Å². The summed E-state index contributed by atoms with van der Waals surface area (Å²) in [6.45, 7) is 0. The third kappa shape index (κ3) is 3.99. The highest BCUT2D eigenvalue weighted by Gasteiger charge is 2.11. The third-order valence-electron chi connectivity index (χ3n) is 3.84. The maximum Gasteiger partial charge on any atom is 0.205 e. The Kier molecular flexibility index (Phi) is 5.83. The smallest absolute Gasteiger partial charge is 0.205 e. The fourth-order valence-corrected chi connectivity index (χ4v) is 3.42. The third-order valence-corrected chi connectivity index (χ3v) is 5.00. The topological polar surface area (TPSA) is 68.3 Å². The lowest BCUT2D eigenvalue weighted by Crippen LogP contribution is -2.11. The highest BCUT2D eigenvalue weighted by Crippen LogP contribution is 2.36. The van der Waals surface area contributed by atoms with Crippen molar-refractivity contribution in [3.05, 3.63) is 57.2 Å². The number of ether oxygens (including phenoxy) is 2. The molecule has 1 aromatic heterocycles. The second kappa shape index (κ2) is 8.28. The standard InChI is InChI=1S/C19H18ClN3O3S/c1-21-19-23(15(11-27-19)13-4-6-14(20)7-5-13)22-10-12-8-16(25-2)18(24)17(9-12)26-3/h4-11,24H,1-3H3. The van der Waals surface area contributed by atoms with Crippen molar-refractivity contribution in [2.24, 2.45) is 10.1 Å². The number of rotatable bonds is 5. The van der Waals surface area contributed by atoms with E-state index in [1.165, 1.54) is 25.6 Å². The van der Waals surface area contributed by atoms with Crippen LogP contribution in [0.3, 0.4) is 0 Å². The lowest BCUT2D eigenvalue weighted by atomic mass is 10.2. The molecule has 0 aliphatic heterocycles. The molecule has 3 rings (SSSR count). The van der Waals surface area contributed by atoms with Crippen LogP contribution >= 0.6 is 22.9 Å². The average molecular weight is 404 g/mol. The Morgan fingerprint density at radius 1 is 1.11 bits per heavy atom. The van der Waals surface area contributed by atoms with Gasteiger partial charge in [-0.2, -0.15) is 5.10 Å². The number of aromatic hydroxyl groups is 1. The molecule has 0 atom stereocenters. The number of thiazole rings is 1. The van der Waals surface area contributed by atoms with Gasteiger partial charge in [0.15, 0.2) is 11.5 Å². The summed E-state index contributed by atoms with van der Waals surface area (Å²) in [5.41, 5.74) is 2.58. The number of benzene rings is 2. The fraction of sp³-hybridized carbons (Fsp3) is 0.158. The molecular weight excluding hydrogens is 386 g/mol. The molecule has 0 bridgehead atoms. The zero-order valence-corrected chi connectivity index (χ0v) is 16.6. The van der Waals surface area contributed by atoms with Crippen LogP contribution in [0.5, 0.6) is 17.2 Å². The first-order chi connectivity index (χ1) is 13.1. The molecule has 27 heavy (non-hydrogen) atoms. The largest absolute Gasteiger partial charge is 0.502 e. The summed E-state index contributed by atoms with van der Waals surface area (Å²) in [7, 11) is 4.68. The number of phenols is 1. The average Bonchev–Trinajstić information content (AvgIpc) is 3.10. The number of phenolic OH excluding ortho intramolecular Hbond substituents is 1. The quantitative estimate of drug-likeness (QED) is 0.654. The fourth-order valence-electron chi connectivity index (χ4n) is 2.49. The Morgan fingerprint density at radius 2 is 1.74 bits per heavy atom. The Balaban J connectivity index is 2.05. The SMILES string of the molecule is CN=c1scc(-c2ccc(Cl)cc2)n1N=Cc1cc(OC)c(O)c(OC)c1. The molecule has 3 aromatic rings. The molecule has 140 valence electrons. The maximum absolute atomic E-state index is 10.0. The predicted molar refractivity (Wildman–Crippen MR) is 108 cm³/mol. The van der Waals surface area contributed by atoms with Crippen LogP contribution in [-0.4, -0.2) is 37.3 Å². The van der Waals surface area contributed by atoms with Crippen molar-refractivity contribution in [2.45, 2.75) is 0 Å². The van der Waals surface area contributed by atoms with E-state index < -0.39 is 0 Å². The minimum absolute atomic E-state index is 0.0496. The summed E-state index contributed by atoms with van der Waals surface area (Å²) in [6, 6.07) is 10.9. The lowest BCUT2D eigenvalue weighted by Gasteiger charge is -2.09. The van der Waals surface area contributed by atoms with Crippen LogP contribution in [0, 0.1) is 0 Å². The summed E-state index contributed by atoms with van der Waals surface area (Å²) >= 11 is 7.47. The van der Waals surface area contributed by atoms with Gasteiger partial charge in [-0.3, -0.25) is 4.99 Å². The van der Waals surface area contributed by atoms with Gasteiger partial charge in [-0.1, -0.05) is 23.7 Å². The van der Waals surface area contributed by atoms with E-state index in [4.69, 9.17) is 21.1 Å². The van der Waals surface area contributed by atoms with Crippen molar-refractivity contribution in [3.63, 3.8) is 0 Å². The highest BCUT2D eigenvalue weighted by atomic mass is 35.5. The van der Waals surface area contributed by atoms with Crippen LogP contribution in [0.1, 0.15) is 5.56 Å². The monoisotopic (exact) mass is 403 g/mol. The molecule has 8 heteroatoms. The number of methoxy groups -OCH3 is 2. The number of halogens is 1. The second-order valence-corrected chi connectivity index (χ2v) is 6.74. The minimum Gasteiger partial charge on any atom is -0.502 e. The van der Waals surface area contributed by atoms with Crippen molar-refractivity contribution in [2.75, 3.05) is 21.3 Å². The van der Waals surface area contributed by atoms with Crippen LogP contribution in [0.25, 0.3) is 11.3 Å². The number of hydrogen-bond acceptors (Lipinski definition) is 6. The number of hydrogen-bond donors (Lipinski definition) is 1. The van der Waals surface area contributed by atoms with Crippen LogP contribution in [0.4, 0.5) is 0 Å². The van der Waals surface area contributed by atoms with E-state index in [0.29, 0.717) is 22.1 Å². The van der Waals surface area contributed by atoms with Crippen molar-refractivity contribution in [1.29, 1.82) is 0 Å². The summed E-state index contributed by atoms with van der Waals surface area (Å²) < 4.78 is 12.1. The molecule has 0 aliphatic rings. The van der Waals surface area contributed by atoms with Crippen LogP contribution in [0.2, 0.25) is 5.02 Å². The molecule has 0 spiro atoms. The van der Waals surface area contributed by atoms with Gasteiger partial charge in [-0.05, 0) is 24.3 Å². The molecule has 0 aliphatic carbocycles. The Morgan fingerprint density at radius 3 is 2.30 bits per heavy atom. The van der Waals surface area contributed by atoms with E-state index in [2.05, 4.69) is 10.1 Å². The van der Waals surface area contributed by atoms with Gasteiger partial charge in [0.2, 0.25) is 10.6 Å². The molecule has 0 radical (unpaired) electrons. The van der Waals surface area contributed by atoms with E-state index in [1.54, 1.807) is 30.1 Å². The van der Waals surface area contributed by atoms with Crippen molar-refractivity contribution < 1.29 is 14.6 Å². The van der Waals surface area contributed by atoms with E-state index in [1.807, 2.05) is 29.6 Å². The van der Waals surface area contributed by atoms with Gasteiger partial charge in [0.25, 0.3) is 0 Å². The van der Waals surface area contributed by atoms with Crippen LogP contribution in [0.15, 0.2) is 51.9 Å². The van der Waals surface area contributed by atoms with Gasteiger partial charge in [0.05, 0.1) is 26.1 Å². The van der Waals surface area contributed by atoms with Gasteiger partial charge in [0, 0.05) is 28.6 Å². The first-order valence-corrected chi connectivity index (χ1v) is 9.21. The Labute approximate surface area is 165 Å². The predicted octanol–water partition coefficient (Wildman–Crippen LogP) is 4.01. The van der Waals surface area contributed by atoms with Crippen molar-refractivity contribution in [3.8, 4) is 28.5 Å². The zero-order chi connectivity index (χ0) is 19.4. The molecule has 0 unspecified atom stereocenters. The minimum atomic E-state index is -0.0496. The molecule has 1 heterocycles. The van der Waals surface area contributed by atoms with Gasteiger partial charge in [-0.25, -0.2) is 4.68 Å². The summed E-state index contributed by atoms with van der Waals surface area (Å²) in [5, 5.41) is 17.3. The van der Waals surface area contributed by atoms with Gasteiger partial charge in [-0.15, -0.1) is 11.3 Å². The Bertz CT molecular complexity index is 1010. The summed E-state index contributed by atoms with van der Waals surface area (Å²) in [4.78, 5) is 5.02. The highest BCUT2D eigenvalue weighted by molar-refractivity contribution is 7.07. The molecule has 2 aromatic carbocycles. The summed E-state index contributed by atoms with van der Waals surface area (Å²) in [5.74, 6) is 0.570. The number of aromatic nitrogens is 1. The van der Waals surface area contributed by atoms with Crippen molar-refractivity contribution in [1.82, 2.24) is 4.68 Å². The molecule has 6 nitrogen and oxygen atoms in total. The molecule has 0 fully saturated rings.